The third-order valence-electron chi connectivity index (χ3n) is 4.79. The molecule has 2 amide bonds. The summed E-state index contributed by atoms with van der Waals surface area (Å²) >= 11 is 0.956. The normalized spacial score (nSPS) is 15.1. The molecular weight excluding hydrogens is 394 g/mol. The molecule has 5 heteroatoms. The van der Waals surface area contributed by atoms with E-state index in [1.165, 1.54) is 10.5 Å². The number of hydrogen-bond acceptors (Lipinski definition) is 4. The standard InChI is InChI=1S/C25H21NO3S/c1-17-3-7-20(8-4-17)16-29-22-13-9-19(10-14-22)15-23-24(27)26(25(28)30-23)21-11-5-18(2)6-12-21/h3-15H,16H2,1-2H3/b23-15-. The fourth-order valence-corrected chi connectivity index (χ4v) is 3.89. The number of anilines is 1. The molecule has 1 heterocycles. The molecule has 3 aromatic carbocycles. The fraction of sp³-hybridized carbons (Fsp3) is 0.120. The van der Waals surface area contributed by atoms with Gasteiger partial charge in [-0.3, -0.25) is 9.59 Å². The first-order valence-corrected chi connectivity index (χ1v) is 10.4. The Hall–Kier alpha value is -3.31. The highest BCUT2D eigenvalue weighted by Crippen LogP contribution is 2.35. The molecule has 1 aliphatic heterocycles. The van der Waals surface area contributed by atoms with E-state index in [9.17, 15) is 9.59 Å². The predicted octanol–water partition coefficient (Wildman–Crippen LogP) is 6.12. The number of aryl methyl sites for hydroxylation is 2. The van der Waals surface area contributed by atoms with Crippen molar-refractivity contribution in [2.24, 2.45) is 0 Å². The predicted molar refractivity (Wildman–Crippen MR) is 122 cm³/mol. The second kappa shape index (κ2) is 8.59. The van der Waals surface area contributed by atoms with E-state index in [1.807, 2.05) is 55.5 Å². The lowest BCUT2D eigenvalue weighted by molar-refractivity contribution is -0.113. The SMILES string of the molecule is Cc1ccc(COc2ccc(/C=C3\SC(=O)N(c4ccc(C)cc4)C3=O)cc2)cc1. The summed E-state index contributed by atoms with van der Waals surface area (Å²) in [4.78, 5) is 26.7. The Kier molecular flexibility index (Phi) is 5.72. The van der Waals surface area contributed by atoms with Crippen LogP contribution in [-0.2, 0) is 11.4 Å². The van der Waals surface area contributed by atoms with Crippen LogP contribution in [0.2, 0.25) is 0 Å². The van der Waals surface area contributed by atoms with Crippen LogP contribution < -0.4 is 9.64 Å². The summed E-state index contributed by atoms with van der Waals surface area (Å²) in [6.07, 6.45) is 1.74. The van der Waals surface area contributed by atoms with Crippen molar-refractivity contribution in [2.45, 2.75) is 20.5 Å². The van der Waals surface area contributed by atoms with Crippen molar-refractivity contribution in [1.82, 2.24) is 0 Å². The number of amides is 2. The molecule has 1 saturated heterocycles. The minimum Gasteiger partial charge on any atom is -0.489 e. The van der Waals surface area contributed by atoms with Crippen LogP contribution >= 0.6 is 11.8 Å². The van der Waals surface area contributed by atoms with Gasteiger partial charge in [0.1, 0.15) is 12.4 Å². The molecule has 0 spiro atoms. The molecular formula is C25H21NO3S. The van der Waals surface area contributed by atoms with E-state index in [4.69, 9.17) is 4.74 Å². The molecule has 0 bridgehead atoms. The molecule has 0 unspecified atom stereocenters. The summed E-state index contributed by atoms with van der Waals surface area (Å²) < 4.78 is 5.82. The van der Waals surface area contributed by atoms with Gasteiger partial charge in [0, 0.05) is 0 Å². The van der Waals surface area contributed by atoms with Crippen molar-refractivity contribution in [1.29, 1.82) is 0 Å². The Labute approximate surface area is 180 Å². The van der Waals surface area contributed by atoms with Gasteiger partial charge in [0.05, 0.1) is 10.6 Å². The fourth-order valence-electron chi connectivity index (χ4n) is 3.05. The number of carbonyl (C=O) groups excluding carboxylic acids is 2. The van der Waals surface area contributed by atoms with Crippen LogP contribution in [0.5, 0.6) is 5.75 Å². The molecule has 150 valence electrons. The second-order valence-electron chi connectivity index (χ2n) is 7.20. The number of benzene rings is 3. The van der Waals surface area contributed by atoms with Gasteiger partial charge in [0.25, 0.3) is 11.1 Å². The maximum absolute atomic E-state index is 12.7. The van der Waals surface area contributed by atoms with Crippen molar-refractivity contribution >= 4 is 34.7 Å². The first-order valence-electron chi connectivity index (χ1n) is 9.63. The lowest BCUT2D eigenvalue weighted by atomic mass is 10.1. The molecule has 0 aliphatic carbocycles. The molecule has 0 aromatic heterocycles. The number of nitrogens with zero attached hydrogens (tertiary/aromatic N) is 1. The lowest BCUT2D eigenvalue weighted by Crippen LogP contribution is -2.27. The van der Waals surface area contributed by atoms with Crippen LogP contribution in [0.25, 0.3) is 6.08 Å². The maximum Gasteiger partial charge on any atom is 0.298 e. The third-order valence-corrected chi connectivity index (χ3v) is 5.66. The van der Waals surface area contributed by atoms with E-state index in [0.717, 1.165) is 34.2 Å². The molecule has 0 radical (unpaired) electrons. The average molecular weight is 416 g/mol. The van der Waals surface area contributed by atoms with E-state index in [2.05, 4.69) is 19.1 Å². The lowest BCUT2D eigenvalue weighted by Gasteiger charge is -2.12. The van der Waals surface area contributed by atoms with E-state index in [1.54, 1.807) is 18.2 Å². The zero-order chi connectivity index (χ0) is 21.1. The van der Waals surface area contributed by atoms with E-state index in [0.29, 0.717) is 17.2 Å². The summed E-state index contributed by atoms with van der Waals surface area (Å²) in [5.74, 6) is 0.453. The minimum absolute atomic E-state index is 0.284. The van der Waals surface area contributed by atoms with Gasteiger partial charge in [-0.1, -0.05) is 59.7 Å². The van der Waals surface area contributed by atoms with Gasteiger partial charge in [0.2, 0.25) is 0 Å². The molecule has 3 aromatic rings. The quantitative estimate of drug-likeness (QED) is 0.471. The topological polar surface area (TPSA) is 46.6 Å². The van der Waals surface area contributed by atoms with Gasteiger partial charge in [0.15, 0.2) is 0 Å². The summed E-state index contributed by atoms with van der Waals surface area (Å²) in [5.41, 5.74) is 4.83. The van der Waals surface area contributed by atoms with Gasteiger partial charge in [-0.2, -0.15) is 0 Å². The molecule has 1 fully saturated rings. The maximum atomic E-state index is 12.7. The number of ether oxygens (including phenoxy) is 1. The average Bonchev–Trinajstić information content (AvgIpc) is 3.02. The molecule has 1 aliphatic rings. The number of rotatable bonds is 5. The highest BCUT2D eigenvalue weighted by Gasteiger charge is 2.36. The summed E-state index contributed by atoms with van der Waals surface area (Å²) in [5, 5.41) is -0.284. The number of thioether (sulfide) groups is 1. The third kappa shape index (κ3) is 4.47. The van der Waals surface area contributed by atoms with Crippen LogP contribution in [0, 0.1) is 13.8 Å². The van der Waals surface area contributed by atoms with E-state index < -0.39 is 0 Å². The molecule has 0 saturated carbocycles. The first kappa shape index (κ1) is 20.0. The van der Waals surface area contributed by atoms with Gasteiger partial charge in [-0.15, -0.1) is 0 Å². The highest BCUT2D eigenvalue weighted by atomic mass is 32.2. The Morgan fingerprint density at radius 1 is 0.833 bits per heavy atom. The van der Waals surface area contributed by atoms with Crippen molar-refractivity contribution in [3.8, 4) is 5.75 Å². The molecule has 4 nitrogen and oxygen atoms in total. The van der Waals surface area contributed by atoms with Crippen molar-refractivity contribution in [2.75, 3.05) is 4.90 Å². The largest absolute Gasteiger partial charge is 0.489 e. The van der Waals surface area contributed by atoms with Crippen molar-refractivity contribution in [3.05, 3.63) is 100.0 Å². The molecule has 4 rings (SSSR count). The monoisotopic (exact) mass is 415 g/mol. The molecule has 0 atom stereocenters. The van der Waals surface area contributed by atoms with E-state index >= 15 is 0 Å². The van der Waals surface area contributed by atoms with Gasteiger partial charge >= 0.3 is 0 Å². The smallest absolute Gasteiger partial charge is 0.298 e. The summed E-state index contributed by atoms with van der Waals surface area (Å²) in [6.45, 7) is 4.51. The van der Waals surface area contributed by atoms with Crippen molar-refractivity contribution in [3.63, 3.8) is 0 Å². The van der Waals surface area contributed by atoms with Crippen LogP contribution in [0.3, 0.4) is 0 Å². The zero-order valence-electron chi connectivity index (χ0n) is 16.8. The number of carbonyl (C=O) groups is 2. The van der Waals surface area contributed by atoms with Gasteiger partial charge in [-0.05, 0) is 67.1 Å². The van der Waals surface area contributed by atoms with Crippen molar-refractivity contribution < 1.29 is 14.3 Å². The molecule has 30 heavy (non-hydrogen) atoms. The number of imide groups is 1. The van der Waals surface area contributed by atoms with Crippen LogP contribution in [0.4, 0.5) is 10.5 Å². The Morgan fingerprint density at radius 3 is 2.07 bits per heavy atom. The van der Waals surface area contributed by atoms with E-state index in [-0.39, 0.29) is 11.1 Å². The Morgan fingerprint density at radius 2 is 1.43 bits per heavy atom. The van der Waals surface area contributed by atoms with Crippen LogP contribution in [-0.4, -0.2) is 11.1 Å². The van der Waals surface area contributed by atoms with Crippen LogP contribution in [0.15, 0.2) is 77.7 Å². The summed E-state index contributed by atoms with van der Waals surface area (Å²) in [6, 6.07) is 23.1. The zero-order valence-corrected chi connectivity index (χ0v) is 17.6. The number of hydrogen-bond donors (Lipinski definition) is 0. The van der Waals surface area contributed by atoms with Gasteiger partial charge < -0.3 is 4.74 Å². The minimum atomic E-state index is -0.298. The van der Waals surface area contributed by atoms with Gasteiger partial charge in [-0.25, -0.2) is 4.90 Å². The summed E-state index contributed by atoms with van der Waals surface area (Å²) in [7, 11) is 0. The van der Waals surface area contributed by atoms with Crippen LogP contribution in [0.1, 0.15) is 22.3 Å². The Balaban J connectivity index is 1.44. The Bertz CT molecular complexity index is 1100. The highest BCUT2D eigenvalue weighted by molar-refractivity contribution is 8.19. The first-order chi connectivity index (χ1) is 14.5. The second-order valence-corrected chi connectivity index (χ2v) is 8.19. The molecule has 0 N–H and O–H groups in total.